The van der Waals surface area contributed by atoms with Crippen LogP contribution in [0.25, 0.3) is 0 Å². The Morgan fingerprint density at radius 3 is 2.59 bits per heavy atom. The third-order valence-corrected chi connectivity index (χ3v) is 6.73. The number of amides is 1. The van der Waals surface area contributed by atoms with Gasteiger partial charge in [0.05, 0.1) is 17.3 Å². The van der Waals surface area contributed by atoms with E-state index in [1.165, 1.54) is 11.3 Å². The monoisotopic (exact) mass is 466 g/mol. The van der Waals surface area contributed by atoms with Crippen molar-refractivity contribution in [3.8, 4) is 11.8 Å². The Morgan fingerprint density at radius 1 is 1.12 bits per heavy atom. The zero-order valence-electron chi connectivity index (χ0n) is 17.8. The molecular formula is C24H23ClN4O2S. The number of carbonyl (C=O) groups excluding carboxylic acids is 1. The first-order valence-corrected chi connectivity index (χ1v) is 11.6. The maximum atomic E-state index is 13.2. The maximum absolute atomic E-state index is 13.2. The van der Waals surface area contributed by atoms with Crippen LogP contribution < -0.4 is 9.64 Å². The molecule has 1 saturated heterocycles. The molecule has 1 aliphatic heterocycles. The molecule has 0 saturated carbocycles. The van der Waals surface area contributed by atoms with Gasteiger partial charge >= 0.3 is 0 Å². The second-order valence-electron chi connectivity index (χ2n) is 7.56. The summed E-state index contributed by atoms with van der Waals surface area (Å²) in [5.41, 5.74) is 2.47. The van der Waals surface area contributed by atoms with Gasteiger partial charge in [-0.3, -0.25) is 4.79 Å². The molecule has 0 aliphatic carbocycles. The van der Waals surface area contributed by atoms with E-state index in [4.69, 9.17) is 21.6 Å². The summed E-state index contributed by atoms with van der Waals surface area (Å²) in [5, 5.41) is 10.4. The number of benzene rings is 2. The standard InChI is InChI=1S/C24H23ClN4O2S/c1-17-23(32-22(27-17)16-31-21-9-5-19(25)6-10-21)24(30)29-12-2-11-28(13-14-29)20-7-3-18(15-26)4-8-20/h3-10H,2,11-14,16H2,1H3. The molecule has 1 fully saturated rings. The van der Waals surface area contributed by atoms with E-state index in [9.17, 15) is 4.79 Å². The lowest BCUT2D eigenvalue weighted by atomic mass is 10.2. The zero-order chi connectivity index (χ0) is 22.5. The van der Waals surface area contributed by atoms with E-state index in [0.29, 0.717) is 40.9 Å². The van der Waals surface area contributed by atoms with Crippen LogP contribution in [0.2, 0.25) is 5.02 Å². The van der Waals surface area contributed by atoms with Gasteiger partial charge in [0, 0.05) is 36.9 Å². The van der Waals surface area contributed by atoms with Crippen LogP contribution in [0.3, 0.4) is 0 Å². The Bertz CT molecular complexity index is 1120. The molecule has 1 aromatic heterocycles. The largest absolute Gasteiger partial charge is 0.486 e. The van der Waals surface area contributed by atoms with Gasteiger partial charge in [-0.05, 0) is 61.9 Å². The van der Waals surface area contributed by atoms with Gasteiger partial charge in [0.1, 0.15) is 22.2 Å². The van der Waals surface area contributed by atoms with Crippen molar-refractivity contribution in [1.29, 1.82) is 5.26 Å². The van der Waals surface area contributed by atoms with Gasteiger partial charge < -0.3 is 14.5 Å². The number of halogens is 1. The fraction of sp³-hybridized carbons (Fsp3) is 0.292. The van der Waals surface area contributed by atoms with Crippen molar-refractivity contribution in [2.45, 2.75) is 20.0 Å². The lowest BCUT2D eigenvalue weighted by Gasteiger charge is -2.23. The number of thiazole rings is 1. The highest BCUT2D eigenvalue weighted by Gasteiger charge is 2.24. The van der Waals surface area contributed by atoms with Crippen molar-refractivity contribution in [2.24, 2.45) is 0 Å². The summed E-state index contributed by atoms with van der Waals surface area (Å²) in [6.45, 7) is 5.16. The SMILES string of the molecule is Cc1nc(COc2ccc(Cl)cc2)sc1C(=O)N1CCCN(c2ccc(C#N)cc2)CC1. The Labute approximate surface area is 196 Å². The molecule has 0 unspecified atom stereocenters. The smallest absolute Gasteiger partial charge is 0.265 e. The molecule has 6 nitrogen and oxygen atoms in total. The fourth-order valence-corrected chi connectivity index (χ4v) is 4.73. The van der Waals surface area contributed by atoms with Gasteiger partial charge in [-0.1, -0.05) is 11.6 Å². The Hall–Kier alpha value is -3.08. The minimum atomic E-state index is 0.0272. The van der Waals surface area contributed by atoms with Crippen LogP contribution in [0, 0.1) is 18.3 Å². The summed E-state index contributed by atoms with van der Waals surface area (Å²) in [6, 6.07) is 16.9. The van der Waals surface area contributed by atoms with Crippen LogP contribution in [0.4, 0.5) is 5.69 Å². The van der Waals surface area contributed by atoms with E-state index >= 15 is 0 Å². The first-order chi connectivity index (χ1) is 15.5. The first-order valence-electron chi connectivity index (χ1n) is 10.4. The van der Waals surface area contributed by atoms with Gasteiger partial charge in [-0.15, -0.1) is 11.3 Å². The number of hydrogen-bond donors (Lipinski definition) is 0. The van der Waals surface area contributed by atoms with Gasteiger partial charge in [-0.25, -0.2) is 4.98 Å². The van der Waals surface area contributed by atoms with Crippen LogP contribution in [-0.4, -0.2) is 42.0 Å². The molecule has 0 atom stereocenters. The highest BCUT2D eigenvalue weighted by Crippen LogP contribution is 2.24. The average molecular weight is 467 g/mol. The van der Waals surface area contributed by atoms with Gasteiger partial charge in [-0.2, -0.15) is 5.26 Å². The summed E-state index contributed by atoms with van der Waals surface area (Å²) in [5.74, 6) is 0.741. The van der Waals surface area contributed by atoms with Gasteiger partial charge in [0.25, 0.3) is 5.91 Å². The maximum Gasteiger partial charge on any atom is 0.265 e. The van der Waals surface area contributed by atoms with Gasteiger partial charge in [0.15, 0.2) is 0 Å². The number of nitrogens with zero attached hydrogens (tertiary/aromatic N) is 4. The van der Waals surface area contributed by atoms with Crippen LogP contribution in [-0.2, 0) is 6.61 Å². The molecule has 3 aromatic rings. The lowest BCUT2D eigenvalue weighted by molar-refractivity contribution is 0.0771. The van der Waals surface area contributed by atoms with Crippen LogP contribution in [0.15, 0.2) is 48.5 Å². The van der Waals surface area contributed by atoms with Crippen molar-refractivity contribution >= 4 is 34.5 Å². The van der Waals surface area contributed by atoms with E-state index in [1.807, 2.05) is 48.2 Å². The highest BCUT2D eigenvalue weighted by atomic mass is 35.5. The summed E-state index contributed by atoms with van der Waals surface area (Å²) >= 11 is 7.30. The zero-order valence-corrected chi connectivity index (χ0v) is 19.3. The second kappa shape index (κ2) is 10.0. The van der Waals surface area contributed by atoms with Crippen molar-refractivity contribution in [1.82, 2.24) is 9.88 Å². The van der Waals surface area contributed by atoms with Crippen molar-refractivity contribution in [2.75, 3.05) is 31.1 Å². The number of carbonyl (C=O) groups is 1. The summed E-state index contributed by atoms with van der Waals surface area (Å²) < 4.78 is 5.78. The third-order valence-electron chi connectivity index (χ3n) is 5.36. The molecule has 0 spiro atoms. The van der Waals surface area contributed by atoms with Gasteiger partial charge in [0.2, 0.25) is 0 Å². The molecule has 32 heavy (non-hydrogen) atoms. The number of ether oxygens (including phenoxy) is 1. The van der Waals surface area contributed by atoms with E-state index in [1.54, 1.807) is 12.1 Å². The van der Waals surface area contributed by atoms with Crippen molar-refractivity contribution < 1.29 is 9.53 Å². The number of aromatic nitrogens is 1. The number of anilines is 1. The molecule has 1 amide bonds. The Balaban J connectivity index is 1.38. The van der Waals surface area contributed by atoms with Crippen molar-refractivity contribution in [3.05, 3.63) is 74.7 Å². The molecule has 0 N–H and O–H groups in total. The minimum absolute atomic E-state index is 0.0272. The molecule has 0 bridgehead atoms. The lowest BCUT2D eigenvalue weighted by Crippen LogP contribution is -2.35. The first kappa shape index (κ1) is 22.1. The normalized spacial score (nSPS) is 14.0. The van der Waals surface area contributed by atoms with Crippen molar-refractivity contribution in [3.63, 3.8) is 0 Å². The predicted molar refractivity (Wildman–Crippen MR) is 127 cm³/mol. The topological polar surface area (TPSA) is 69.5 Å². The van der Waals surface area contributed by atoms with Crippen LogP contribution in [0.5, 0.6) is 5.75 Å². The molecule has 0 radical (unpaired) electrons. The Kier molecular flexibility index (Phi) is 6.93. The number of nitriles is 1. The van der Waals surface area contributed by atoms with E-state index < -0.39 is 0 Å². The quantitative estimate of drug-likeness (QED) is 0.534. The molecule has 8 heteroatoms. The van der Waals surface area contributed by atoms with Crippen LogP contribution in [0.1, 0.15) is 32.4 Å². The molecule has 2 aromatic carbocycles. The molecule has 2 heterocycles. The molecular weight excluding hydrogens is 444 g/mol. The number of hydrogen-bond acceptors (Lipinski definition) is 6. The van der Waals surface area contributed by atoms with E-state index in [2.05, 4.69) is 16.0 Å². The summed E-state index contributed by atoms with van der Waals surface area (Å²) in [7, 11) is 0. The number of aryl methyl sites for hydroxylation is 1. The molecule has 4 rings (SSSR count). The second-order valence-corrected chi connectivity index (χ2v) is 9.08. The summed E-state index contributed by atoms with van der Waals surface area (Å²) in [4.78, 5) is 22.6. The molecule has 164 valence electrons. The summed E-state index contributed by atoms with van der Waals surface area (Å²) in [6.07, 6.45) is 0.885. The minimum Gasteiger partial charge on any atom is -0.486 e. The van der Waals surface area contributed by atoms with E-state index in [0.717, 1.165) is 35.9 Å². The fourth-order valence-electron chi connectivity index (χ4n) is 3.66. The number of rotatable bonds is 5. The third kappa shape index (κ3) is 5.21. The van der Waals surface area contributed by atoms with Crippen LogP contribution >= 0.6 is 22.9 Å². The highest BCUT2D eigenvalue weighted by molar-refractivity contribution is 7.13. The molecule has 1 aliphatic rings. The average Bonchev–Trinajstić information content (AvgIpc) is 3.02. The predicted octanol–water partition coefficient (Wildman–Crippen LogP) is 4.91. The van der Waals surface area contributed by atoms with E-state index in [-0.39, 0.29) is 5.91 Å². The Morgan fingerprint density at radius 2 is 1.88 bits per heavy atom.